The molecule has 0 saturated heterocycles. The molecule has 0 fully saturated rings. The van der Waals surface area contributed by atoms with Gasteiger partial charge in [0.2, 0.25) is 0 Å². The number of rotatable bonds is 0. The fourth-order valence-electron chi connectivity index (χ4n) is 2.14. The molecule has 0 saturated carbocycles. The lowest BCUT2D eigenvalue weighted by Crippen LogP contribution is -1.93. The topological polar surface area (TPSA) is 30.2 Å². The van der Waals surface area contributed by atoms with Crippen molar-refractivity contribution in [3.63, 3.8) is 0 Å². The van der Waals surface area contributed by atoms with E-state index in [0.29, 0.717) is 5.58 Å². The van der Waals surface area contributed by atoms with E-state index >= 15 is 0 Å². The second kappa shape index (κ2) is 6.06. The highest BCUT2D eigenvalue weighted by Crippen LogP contribution is 2.11. The first-order valence-corrected chi connectivity index (χ1v) is 6.76. The van der Waals surface area contributed by atoms with Crippen molar-refractivity contribution in [2.45, 2.75) is 0 Å². The minimum atomic E-state index is -0.302. The summed E-state index contributed by atoms with van der Waals surface area (Å²) in [7, 11) is 0. The maximum Gasteiger partial charge on any atom is 0.336 e. The average Bonchev–Trinajstić information content (AvgIpc) is 2.55. The predicted octanol–water partition coefficient (Wildman–Crippen LogP) is 4.63. The van der Waals surface area contributed by atoms with Gasteiger partial charge in [0, 0.05) is 11.5 Å². The molecular weight excluding hydrogens is 260 g/mol. The van der Waals surface area contributed by atoms with Crippen LogP contribution in [0.2, 0.25) is 0 Å². The van der Waals surface area contributed by atoms with Crippen LogP contribution in [0.5, 0.6) is 0 Å². The van der Waals surface area contributed by atoms with Gasteiger partial charge in [0.1, 0.15) is 5.58 Å². The van der Waals surface area contributed by atoms with E-state index in [1.807, 2.05) is 18.2 Å². The van der Waals surface area contributed by atoms with Gasteiger partial charge in [-0.2, -0.15) is 0 Å². The molecule has 0 aliphatic rings. The Morgan fingerprint density at radius 1 is 0.524 bits per heavy atom. The van der Waals surface area contributed by atoms with Crippen LogP contribution < -0.4 is 5.63 Å². The Labute approximate surface area is 122 Å². The first-order valence-electron chi connectivity index (χ1n) is 6.76. The van der Waals surface area contributed by atoms with Crippen LogP contribution in [0.3, 0.4) is 0 Å². The van der Waals surface area contributed by atoms with Crippen LogP contribution in [0, 0.1) is 0 Å². The summed E-state index contributed by atoms with van der Waals surface area (Å²) in [5, 5.41) is 3.57. The third-order valence-electron chi connectivity index (χ3n) is 3.19. The minimum Gasteiger partial charge on any atom is -0.423 e. The summed E-state index contributed by atoms with van der Waals surface area (Å²) in [6.45, 7) is 0. The summed E-state index contributed by atoms with van der Waals surface area (Å²) in [6, 6.07) is 27.3. The summed E-state index contributed by atoms with van der Waals surface area (Å²) < 4.78 is 4.91. The smallest absolute Gasteiger partial charge is 0.336 e. The van der Waals surface area contributed by atoms with Gasteiger partial charge in [-0.3, -0.25) is 0 Å². The Kier molecular flexibility index (Phi) is 3.79. The molecule has 0 aliphatic carbocycles. The molecule has 0 atom stereocenters. The Hall–Kier alpha value is -2.87. The average molecular weight is 274 g/mol. The third-order valence-corrected chi connectivity index (χ3v) is 3.19. The van der Waals surface area contributed by atoms with Crippen LogP contribution in [-0.4, -0.2) is 0 Å². The molecule has 1 heterocycles. The molecule has 0 N–H and O–H groups in total. The normalized spacial score (nSPS) is 10.1. The first kappa shape index (κ1) is 13.1. The van der Waals surface area contributed by atoms with Gasteiger partial charge in [-0.1, -0.05) is 66.7 Å². The number of para-hydroxylation sites is 1. The van der Waals surface area contributed by atoms with Crippen LogP contribution in [0.25, 0.3) is 21.7 Å². The van der Waals surface area contributed by atoms with Crippen molar-refractivity contribution in [3.05, 3.63) is 95.3 Å². The Morgan fingerprint density at radius 2 is 1.00 bits per heavy atom. The maximum absolute atomic E-state index is 10.7. The van der Waals surface area contributed by atoms with E-state index in [-0.39, 0.29) is 5.63 Å². The number of benzene rings is 3. The van der Waals surface area contributed by atoms with Gasteiger partial charge < -0.3 is 4.42 Å². The molecule has 0 unspecified atom stereocenters. The van der Waals surface area contributed by atoms with Crippen LogP contribution in [0.1, 0.15) is 0 Å². The summed E-state index contributed by atoms with van der Waals surface area (Å²) >= 11 is 0. The molecule has 21 heavy (non-hydrogen) atoms. The molecule has 0 aliphatic heterocycles. The molecule has 0 bridgehead atoms. The van der Waals surface area contributed by atoms with E-state index in [1.165, 1.54) is 16.8 Å². The van der Waals surface area contributed by atoms with Gasteiger partial charge in [-0.05, 0) is 22.9 Å². The quantitative estimate of drug-likeness (QED) is 0.437. The first-order chi connectivity index (χ1) is 10.3. The Morgan fingerprint density at radius 3 is 1.57 bits per heavy atom. The highest BCUT2D eigenvalue weighted by atomic mass is 16.4. The monoisotopic (exact) mass is 274 g/mol. The van der Waals surface area contributed by atoms with Crippen molar-refractivity contribution in [3.8, 4) is 0 Å². The van der Waals surface area contributed by atoms with Crippen LogP contribution in [-0.2, 0) is 0 Å². The largest absolute Gasteiger partial charge is 0.423 e. The summed E-state index contributed by atoms with van der Waals surface area (Å²) in [6.07, 6.45) is 0. The van der Waals surface area contributed by atoms with Gasteiger partial charge in [-0.25, -0.2) is 4.79 Å². The summed E-state index contributed by atoms with van der Waals surface area (Å²) in [5.74, 6) is 0. The molecule has 2 nitrogen and oxygen atoms in total. The van der Waals surface area contributed by atoms with Crippen molar-refractivity contribution in [2.24, 2.45) is 0 Å². The highest BCUT2D eigenvalue weighted by Gasteiger charge is 1.92. The van der Waals surface area contributed by atoms with E-state index in [2.05, 4.69) is 48.5 Å². The Balaban J connectivity index is 0.000000126. The van der Waals surface area contributed by atoms with Gasteiger partial charge >= 0.3 is 5.63 Å². The second-order valence-corrected chi connectivity index (χ2v) is 4.64. The van der Waals surface area contributed by atoms with Crippen molar-refractivity contribution < 1.29 is 4.42 Å². The number of hydrogen-bond donors (Lipinski definition) is 0. The highest BCUT2D eigenvalue weighted by molar-refractivity contribution is 5.82. The van der Waals surface area contributed by atoms with Crippen molar-refractivity contribution in [2.75, 3.05) is 0 Å². The van der Waals surface area contributed by atoms with E-state index in [4.69, 9.17) is 4.42 Å². The van der Waals surface area contributed by atoms with E-state index in [1.54, 1.807) is 12.1 Å². The van der Waals surface area contributed by atoms with Gasteiger partial charge in [0.05, 0.1) is 0 Å². The predicted molar refractivity (Wildman–Crippen MR) is 86.4 cm³/mol. The maximum atomic E-state index is 10.7. The van der Waals surface area contributed by atoms with Crippen LogP contribution in [0.4, 0.5) is 0 Å². The fraction of sp³-hybridized carbons (Fsp3) is 0. The molecule has 1 aromatic heterocycles. The summed E-state index contributed by atoms with van der Waals surface area (Å²) in [4.78, 5) is 10.7. The van der Waals surface area contributed by atoms with Crippen LogP contribution >= 0.6 is 0 Å². The minimum absolute atomic E-state index is 0.302. The van der Waals surface area contributed by atoms with E-state index < -0.39 is 0 Å². The molecule has 3 aromatic carbocycles. The van der Waals surface area contributed by atoms with Crippen molar-refractivity contribution in [1.82, 2.24) is 0 Å². The van der Waals surface area contributed by atoms with E-state index in [9.17, 15) is 4.79 Å². The zero-order valence-corrected chi connectivity index (χ0v) is 11.4. The Bertz CT molecular complexity index is 857. The lowest BCUT2D eigenvalue weighted by molar-refractivity contribution is 0.561. The second-order valence-electron chi connectivity index (χ2n) is 4.64. The van der Waals surface area contributed by atoms with Crippen molar-refractivity contribution in [1.29, 1.82) is 0 Å². The number of hydrogen-bond acceptors (Lipinski definition) is 2. The molecule has 2 heteroatoms. The van der Waals surface area contributed by atoms with Crippen molar-refractivity contribution >= 4 is 21.7 Å². The van der Waals surface area contributed by atoms with Crippen LogP contribution in [0.15, 0.2) is 94.1 Å². The zero-order chi connectivity index (χ0) is 14.5. The lowest BCUT2D eigenvalue weighted by Gasteiger charge is -1.92. The molecular formula is C19H14O2. The molecule has 0 amide bonds. The fourth-order valence-corrected chi connectivity index (χ4v) is 2.14. The third kappa shape index (κ3) is 3.18. The molecule has 0 spiro atoms. The molecule has 0 radical (unpaired) electrons. The van der Waals surface area contributed by atoms with E-state index in [0.717, 1.165) is 5.39 Å². The molecule has 102 valence electrons. The van der Waals surface area contributed by atoms with Gasteiger partial charge in [0.25, 0.3) is 0 Å². The number of fused-ring (bicyclic) bond motifs is 2. The van der Waals surface area contributed by atoms with Gasteiger partial charge in [0.15, 0.2) is 0 Å². The molecule has 4 rings (SSSR count). The summed E-state index contributed by atoms with van der Waals surface area (Å²) in [5.41, 5.74) is 0.337. The SMILES string of the molecule is O=c1ccc2ccccc2o1.c1ccc2ccccc2c1. The zero-order valence-electron chi connectivity index (χ0n) is 11.4. The standard InChI is InChI=1S/C10H8.C9H6O2/c1-2-6-10-8-4-3-7-9(10)5-1;10-9-6-5-7-3-1-2-4-8(7)11-9/h1-8H;1-6H. The van der Waals surface area contributed by atoms with Gasteiger partial charge in [-0.15, -0.1) is 0 Å². The molecule has 4 aromatic rings. The lowest BCUT2D eigenvalue weighted by atomic mass is 10.1.